The van der Waals surface area contributed by atoms with E-state index in [0.29, 0.717) is 5.69 Å². The highest BCUT2D eigenvalue weighted by Gasteiger charge is 2.04. The van der Waals surface area contributed by atoms with E-state index < -0.39 is 0 Å². The molecule has 5 heteroatoms. The first-order chi connectivity index (χ1) is 4.74. The average Bonchev–Trinajstić information content (AvgIpc) is 2.34. The molecule has 0 unspecified atom stereocenters. The first-order valence-electron chi connectivity index (χ1n) is 2.97. The Morgan fingerprint density at radius 3 is 2.82 bits per heavy atom. The maximum Gasteiger partial charge on any atom is 0.196 e. The van der Waals surface area contributed by atoms with Crippen molar-refractivity contribution in [2.24, 2.45) is 12.8 Å². The molecule has 0 saturated carbocycles. The highest BCUT2D eigenvalue weighted by Crippen LogP contribution is 1.93. The second-order valence-corrected chi connectivity index (χ2v) is 2.00. The molecule has 0 radical (unpaired) electrons. The molecule has 0 aromatic carbocycles. The Kier molecular flexibility index (Phi) is 3.78. The molecule has 0 spiro atoms. The normalized spacial score (nSPS) is 8.91. The van der Waals surface area contributed by atoms with Crippen LogP contribution < -0.4 is 5.73 Å². The number of carbonyl (C=O) groups excluding carboxylic acids is 1. The number of aryl methyl sites for hydroxylation is 1. The van der Waals surface area contributed by atoms with Crippen molar-refractivity contribution >= 4 is 18.2 Å². The fourth-order valence-corrected chi connectivity index (χ4v) is 0.668. The highest BCUT2D eigenvalue weighted by molar-refractivity contribution is 5.95. The summed E-state index contributed by atoms with van der Waals surface area (Å²) in [7, 11) is 1.76. The molecule has 62 valence electrons. The van der Waals surface area contributed by atoms with Gasteiger partial charge in [0.15, 0.2) is 5.78 Å². The Morgan fingerprint density at radius 1 is 1.82 bits per heavy atom. The number of aromatic nitrogens is 2. The summed E-state index contributed by atoms with van der Waals surface area (Å²) in [5.74, 6) is -0.124. The van der Waals surface area contributed by atoms with Crippen LogP contribution in [0, 0.1) is 0 Å². The lowest BCUT2D eigenvalue weighted by molar-refractivity contribution is 0.0996. The van der Waals surface area contributed by atoms with Crippen LogP contribution in [0.1, 0.15) is 10.5 Å². The molecule has 1 aromatic rings. The molecule has 4 nitrogen and oxygen atoms in total. The van der Waals surface area contributed by atoms with Crippen molar-refractivity contribution in [2.45, 2.75) is 0 Å². The molecule has 0 bridgehead atoms. The number of halogens is 1. The minimum absolute atomic E-state index is 0. The summed E-state index contributed by atoms with van der Waals surface area (Å²) in [5, 5.41) is 3.87. The minimum atomic E-state index is -0.124. The van der Waals surface area contributed by atoms with Crippen LogP contribution in [-0.4, -0.2) is 22.1 Å². The van der Waals surface area contributed by atoms with Gasteiger partial charge in [-0.05, 0) is 6.07 Å². The molecule has 1 aromatic heterocycles. The zero-order valence-electron chi connectivity index (χ0n) is 6.15. The van der Waals surface area contributed by atoms with Gasteiger partial charge in [0.05, 0.1) is 6.54 Å². The van der Waals surface area contributed by atoms with Crippen molar-refractivity contribution in [3.63, 3.8) is 0 Å². The van der Waals surface area contributed by atoms with Crippen LogP contribution in [-0.2, 0) is 7.05 Å². The number of hydrogen-bond acceptors (Lipinski definition) is 3. The molecular formula is C6H10ClN3O. The zero-order chi connectivity index (χ0) is 7.56. The van der Waals surface area contributed by atoms with Crippen LogP contribution in [0.3, 0.4) is 0 Å². The average molecular weight is 176 g/mol. The summed E-state index contributed by atoms with van der Waals surface area (Å²) in [6.07, 6.45) is 1.71. The molecule has 0 amide bonds. The largest absolute Gasteiger partial charge is 0.324 e. The fraction of sp³-hybridized carbons (Fsp3) is 0.333. The van der Waals surface area contributed by atoms with Gasteiger partial charge in [-0.25, -0.2) is 0 Å². The van der Waals surface area contributed by atoms with E-state index in [1.807, 2.05) is 0 Å². The lowest BCUT2D eigenvalue weighted by Crippen LogP contribution is -2.14. The van der Waals surface area contributed by atoms with Gasteiger partial charge in [0.1, 0.15) is 5.69 Å². The van der Waals surface area contributed by atoms with E-state index in [4.69, 9.17) is 5.73 Å². The van der Waals surface area contributed by atoms with Crippen molar-refractivity contribution in [1.82, 2.24) is 9.78 Å². The molecule has 0 aliphatic carbocycles. The minimum Gasteiger partial charge on any atom is -0.324 e. The predicted octanol–water partition coefficient (Wildman–Crippen LogP) is -0.0167. The van der Waals surface area contributed by atoms with Crippen molar-refractivity contribution in [1.29, 1.82) is 0 Å². The smallest absolute Gasteiger partial charge is 0.196 e. The van der Waals surface area contributed by atoms with Crippen molar-refractivity contribution < 1.29 is 4.79 Å². The Bertz CT molecular complexity index is 246. The lowest BCUT2D eigenvalue weighted by Gasteiger charge is -1.88. The van der Waals surface area contributed by atoms with Crippen LogP contribution in [0.4, 0.5) is 0 Å². The van der Waals surface area contributed by atoms with Crippen LogP contribution in [0.25, 0.3) is 0 Å². The van der Waals surface area contributed by atoms with Gasteiger partial charge < -0.3 is 5.73 Å². The third-order valence-electron chi connectivity index (χ3n) is 1.18. The number of hydrogen-bond donors (Lipinski definition) is 1. The van der Waals surface area contributed by atoms with Crippen molar-refractivity contribution in [2.75, 3.05) is 6.54 Å². The Balaban J connectivity index is 0.000001000. The number of rotatable bonds is 2. The summed E-state index contributed by atoms with van der Waals surface area (Å²) >= 11 is 0. The van der Waals surface area contributed by atoms with Crippen LogP contribution in [0.2, 0.25) is 0 Å². The third kappa shape index (κ3) is 2.32. The molecule has 2 N–H and O–H groups in total. The summed E-state index contributed by atoms with van der Waals surface area (Å²) < 4.78 is 1.57. The second kappa shape index (κ2) is 4.10. The van der Waals surface area contributed by atoms with Gasteiger partial charge in [-0.15, -0.1) is 12.4 Å². The summed E-state index contributed by atoms with van der Waals surface area (Å²) in [6, 6.07) is 1.65. The molecule has 11 heavy (non-hydrogen) atoms. The highest BCUT2D eigenvalue weighted by atomic mass is 35.5. The first-order valence-corrected chi connectivity index (χ1v) is 2.97. The van der Waals surface area contributed by atoms with Crippen LogP contribution in [0.15, 0.2) is 12.3 Å². The third-order valence-corrected chi connectivity index (χ3v) is 1.18. The fourth-order valence-electron chi connectivity index (χ4n) is 0.668. The number of nitrogens with zero attached hydrogens (tertiary/aromatic N) is 2. The molecule has 0 fully saturated rings. The number of ketones is 1. The van der Waals surface area contributed by atoms with E-state index >= 15 is 0 Å². The summed E-state index contributed by atoms with van der Waals surface area (Å²) in [6.45, 7) is 0.0248. The van der Waals surface area contributed by atoms with E-state index in [2.05, 4.69) is 5.10 Å². The van der Waals surface area contributed by atoms with E-state index in [9.17, 15) is 4.79 Å². The van der Waals surface area contributed by atoms with E-state index in [1.54, 1.807) is 24.0 Å². The monoisotopic (exact) mass is 175 g/mol. The zero-order valence-corrected chi connectivity index (χ0v) is 6.97. The SMILES string of the molecule is Cl.Cn1ccc(C(=O)CN)n1. The number of carbonyl (C=O) groups is 1. The van der Waals surface area contributed by atoms with Gasteiger partial charge in [-0.3, -0.25) is 9.48 Å². The Hall–Kier alpha value is -0.870. The van der Waals surface area contributed by atoms with Gasteiger partial charge in [-0.1, -0.05) is 0 Å². The van der Waals surface area contributed by atoms with Gasteiger partial charge in [-0.2, -0.15) is 5.10 Å². The quantitative estimate of drug-likeness (QED) is 0.643. The topological polar surface area (TPSA) is 60.9 Å². The predicted molar refractivity (Wildman–Crippen MR) is 43.8 cm³/mol. The van der Waals surface area contributed by atoms with E-state index in [-0.39, 0.29) is 24.7 Å². The van der Waals surface area contributed by atoms with Crippen molar-refractivity contribution in [3.05, 3.63) is 18.0 Å². The summed E-state index contributed by atoms with van der Waals surface area (Å²) in [5.41, 5.74) is 5.55. The molecule has 0 aliphatic rings. The molecule has 1 heterocycles. The first kappa shape index (κ1) is 10.1. The lowest BCUT2D eigenvalue weighted by atomic mass is 10.3. The van der Waals surface area contributed by atoms with Crippen LogP contribution in [0.5, 0.6) is 0 Å². The van der Waals surface area contributed by atoms with Crippen molar-refractivity contribution in [3.8, 4) is 0 Å². The number of Topliss-reactive ketones (excluding diaryl/α,β-unsaturated/α-hetero) is 1. The van der Waals surface area contributed by atoms with E-state index in [1.165, 1.54) is 0 Å². The summed E-state index contributed by atoms with van der Waals surface area (Å²) in [4.78, 5) is 10.8. The standard InChI is InChI=1S/C6H9N3O.ClH/c1-9-3-2-5(8-9)6(10)4-7;/h2-3H,4,7H2,1H3;1H. The molecule has 1 rings (SSSR count). The molecule has 0 saturated heterocycles. The molecular weight excluding hydrogens is 166 g/mol. The van der Waals surface area contributed by atoms with Gasteiger partial charge in [0.25, 0.3) is 0 Å². The van der Waals surface area contributed by atoms with E-state index in [0.717, 1.165) is 0 Å². The maximum absolute atomic E-state index is 10.8. The molecule has 0 atom stereocenters. The second-order valence-electron chi connectivity index (χ2n) is 2.00. The number of nitrogens with two attached hydrogens (primary N) is 1. The van der Waals surface area contributed by atoms with Gasteiger partial charge >= 0.3 is 0 Å². The van der Waals surface area contributed by atoms with Gasteiger partial charge in [0.2, 0.25) is 0 Å². The van der Waals surface area contributed by atoms with Crippen LogP contribution >= 0.6 is 12.4 Å². The Labute approximate surface area is 70.8 Å². The Morgan fingerprint density at radius 2 is 2.45 bits per heavy atom. The van der Waals surface area contributed by atoms with Gasteiger partial charge in [0, 0.05) is 13.2 Å². The maximum atomic E-state index is 10.8. The molecule has 0 aliphatic heterocycles.